The van der Waals surface area contributed by atoms with Crippen LogP contribution in [0.5, 0.6) is 0 Å². The molecule has 0 rings (SSSR count). The SMILES string of the molecule is CCOC(C)(O)OC(C)Cl. The summed E-state index contributed by atoms with van der Waals surface area (Å²) in [6, 6.07) is 0. The summed E-state index contributed by atoms with van der Waals surface area (Å²) in [6.45, 7) is 5.15. The molecule has 0 aromatic rings. The predicted molar refractivity (Wildman–Crippen MR) is 38.6 cm³/mol. The maximum absolute atomic E-state index is 9.16. The van der Waals surface area contributed by atoms with Gasteiger partial charge in [0.2, 0.25) is 0 Å². The van der Waals surface area contributed by atoms with E-state index in [1.807, 2.05) is 0 Å². The van der Waals surface area contributed by atoms with Crippen molar-refractivity contribution in [3.05, 3.63) is 0 Å². The lowest BCUT2D eigenvalue weighted by Gasteiger charge is -2.23. The van der Waals surface area contributed by atoms with Gasteiger partial charge in [0.15, 0.2) is 0 Å². The summed E-state index contributed by atoms with van der Waals surface area (Å²) in [5.41, 5.74) is -0.554. The van der Waals surface area contributed by atoms with E-state index in [1.54, 1.807) is 13.8 Å². The molecule has 2 atom stereocenters. The summed E-state index contributed by atoms with van der Waals surface area (Å²) < 4.78 is 9.57. The molecule has 62 valence electrons. The lowest BCUT2D eigenvalue weighted by Crippen LogP contribution is -2.33. The molecule has 10 heavy (non-hydrogen) atoms. The van der Waals surface area contributed by atoms with Crippen molar-refractivity contribution in [1.29, 1.82) is 0 Å². The summed E-state index contributed by atoms with van der Waals surface area (Å²) in [5.74, 6) is -1.56. The number of halogens is 1. The second-order valence-electron chi connectivity index (χ2n) is 1.99. The van der Waals surface area contributed by atoms with Crippen LogP contribution in [0.25, 0.3) is 0 Å². The first-order chi connectivity index (χ1) is 4.48. The van der Waals surface area contributed by atoms with Crippen molar-refractivity contribution >= 4 is 11.6 Å². The van der Waals surface area contributed by atoms with Gasteiger partial charge < -0.3 is 14.6 Å². The van der Waals surface area contributed by atoms with Crippen molar-refractivity contribution in [2.24, 2.45) is 0 Å². The Morgan fingerprint density at radius 3 is 2.50 bits per heavy atom. The molecule has 0 radical (unpaired) electrons. The molecule has 4 heteroatoms. The van der Waals surface area contributed by atoms with Crippen molar-refractivity contribution in [2.75, 3.05) is 6.61 Å². The molecule has 0 aliphatic rings. The van der Waals surface area contributed by atoms with Gasteiger partial charge in [-0.05, 0) is 13.8 Å². The molecule has 0 saturated heterocycles. The van der Waals surface area contributed by atoms with Gasteiger partial charge in [-0.2, -0.15) is 0 Å². The number of hydrogen-bond donors (Lipinski definition) is 1. The van der Waals surface area contributed by atoms with Crippen molar-refractivity contribution in [1.82, 2.24) is 0 Å². The van der Waals surface area contributed by atoms with Crippen LogP contribution in [-0.4, -0.2) is 23.2 Å². The smallest absolute Gasteiger partial charge is 0.278 e. The molecular formula is C6H13ClO3. The molecule has 0 aromatic carbocycles. The number of rotatable bonds is 4. The lowest BCUT2D eigenvalue weighted by atomic mass is 10.6. The lowest BCUT2D eigenvalue weighted by molar-refractivity contribution is -0.351. The van der Waals surface area contributed by atoms with E-state index in [2.05, 4.69) is 0 Å². The summed E-state index contributed by atoms with van der Waals surface area (Å²) in [4.78, 5) is 0. The molecule has 0 aliphatic heterocycles. The fourth-order valence-electron chi connectivity index (χ4n) is 0.603. The second-order valence-corrected chi connectivity index (χ2v) is 2.61. The third-order valence-corrected chi connectivity index (χ3v) is 0.882. The van der Waals surface area contributed by atoms with Gasteiger partial charge in [0.25, 0.3) is 5.97 Å². The molecule has 1 N–H and O–H groups in total. The highest BCUT2D eigenvalue weighted by Crippen LogP contribution is 2.12. The minimum absolute atomic E-state index is 0.386. The summed E-state index contributed by atoms with van der Waals surface area (Å²) >= 11 is 5.44. The Morgan fingerprint density at radius 2 is 2.20 bits per heavy atom. The number of aliphatic hydroxyl groups is 1. The number of ether oxygens (including phenoxy) is 2. The van der Waals surface area contributed by atoms with E-state index in [1.165, 1.54) is 6.92 Å². The van der Waals surface area contributed by atoms with E-state index in [9.17, 15) is 0 Å². The molecule has 0 heterocycles. The maximum Gasteiger partial charge on any atom is 0.278 e. The highest BCUT2D eigenvalue weighted by Gasteiger charge is 2.22. The average Bonchev–Trinajstić information content (AvgIpc) is 1.59. The fourth-order valence-corrected chi connectivity index (χ4v) is 0.768. The quantitative estimate of drug-likeness (QED) is 0.508. The van der Waals surface area contributed by atoms with Crippen LogP contribution in [-0.2, 0) is 9.47 Å². The van der Waals surface area contributed by atoms with Crippen LogP contribution in [0.15, 0.2) is 0 Å². The molecule has 0 fully saturated rings. The maximum atomic E-state index is 9.16. The van der Waals surface area contributed by atoms with Crippen molar-refractivity contribution in [3.63, 3.8) is 0 Å². The molecule has 0 bridgehead atoms. The molecule has 0 aromatic heterocycles. The van der Waals surface area contributed by atoms with E-state index in [0.717, 1.165) is 0 Å². The normalized spacial score (nSPS) is 20.1. The zero-order valence-electron chi connectivity index (χ0n) is 6.43. The molecular weight excluding hydrogens is 156 g/mol. The first kappa shape index (κ1) is 10.2. The van der Waals surface area contributed by atoms with E-state index >= 15 is 0 Å². The third-order valence-electron chi connectivity index (χ3n) is 0.793. The highest BCUT2D eigenvalue weighted by molar-refractivity contribution is 6.19. The van der Waals surface area contributed by atoms with Crippen molar-refractivity contribution in [3.8, 4) is 0 Å². The van der Waals surface area contributed by atoms with Gasteiger partial charge in [-0.25, -0.2) is 0 Å². The van der Waals surface area contributed by atoms with Crippen LogP contribution in [0, 0.1) is 0 Å². The Kier molecular flexibility index (Phi) is 4.20. The fraction of sp³-hybridized carbons (Fsp3) is 1.00. The van der Waals surface area contributed by atoms with Crippen molar-refractivity contribution in [2.45, 2.75) is 32.3 Å². The van der Waals surface area contributed by atoms with E-state index in [4.69, 9.17) is 26.2 Å². The third kappa shape index (κ3) is 4.99. The topological polar surface area (TPSA) is 38.7 Å². The van der Waals surface area contributed by atoms with Crippen LogP contribution in [0.3, 0.4) is 0 Å². The van der Waals surface area contributed by atoms with Gasteiger partial charge in [0, 0.05) is 13.5 Å². The van der Waals surface area contributed by atoms with Gasteiger partial charge in [0.05, 0.1) is 0 Å². The van der Waals surface area contributed by atoms with Crippen LogP contribution >= 0.6 is 11.6 Å². The molecule has 2 unspecified atom stereocenters. The molecule has 0 spiro atoms. The van der Waals surface area contributed by atoms with Crippen LogP contribution < -0.4 is 0 Å². The Bertz CT molecular complexity index is 93.0. The molecule has 3 nitrogen and oxygen atoms in total. The van der Waals surface area contributed by atoms with E-state index in [-0.39, 0.29) is 0 Å². The highest BCUT2D eigenvalue weighted by atomic mass is 35.5. The monoisotopic (exact) mass is 168 g/mol. The molecule has 0 aliphatic carbocycles. The van der Waals surface area contributed by atoms with Crippen molar-refractivity contribution < 1.29 is 14.6 Å². The molecule has 0 amide bonds. The minimum Gasteiger partial charge on any atom is -0.344 e. The predicted octanol–water partition coefficient (Wildman–Crippen LogP) is 1.29. The standard InChI is InChI=1S/C6H13ClO3/c1-4-9-6(3,8)10-5(2)7/h5,8H,4H2,1-3H3. The van der Waals surface area contributed by atoms with Crippen LogP contribution in [0.2, 0.25) is 0 Å². The first-order valence-corrected chi connectivity index (χ1v) is 3.60. The van der Waals surface area contributed by atoms with E-state index < -0.39 is 11.5 Å². The van der Waals surface area contributed by atoms with Gasteiger partial charge >= 0.3 is 0 Å². The average molecular weight is 169 g/mol. The number of alkyl halides is 1. The van der Waals surface area contributed by atoms with Gasteiger partial charge in [-0.3, -0.25) is 0 Å². The molecule has 0 saturated carbocycles. The van der Waals surface area contributed by atoms with E-state index in [0.29, 0.717) is 6.61 Å². The number of hydrogen-bond acceptors (Lipinski definition) is 3. The zero-order valence-corrected chi connectivity index (χ0v) is 7.18. The van der Waals surface area contributed by atoms with Gasteiger partial charge in [0.1, 0.15) is 5.56 Å². The van der Waals surface area contributed by atoms with Gasteiger partial charge in [-0.1, -0.05) is 11.6 Å². The Balaban J connectivity index is 3.63. The second kappa shape index (κ2) is 4.13. The van der Waals surface area contributed by atoms with Crippen LogP contribution in [0.1, 0.15) is 20.8 Å². The Morgan fingerprint density at radius 1 is 1.70 bits per heavy atom. The summed E-state index contributed by atoms with van der Waals surface area (Å²) in [5, 5.41) is 9.16. The summed E-state index contributed by atoms with van der Waals surface area (Å²) in [6.07, 6.45) is 0. The van der Waals surface area contributed by atoms with Crippen LogP contribution in [0.4, 0.5) is 0 Å². The Labute approximate surface area is 65.9 Å². The van der Waals surface area contributed by atoms with Gasteiger partial charge in [-0.15, -0.1) is 0 Å². The first-order valence-electron chi connectivity index (χ1n) is 3.16. The minimum atomic E-state index is -1.56. The zero-order chi connectivity index (χ0) is 8.20. The largest absolute Gasteiger partial charge is 0.344 e. The summed E-state index contributed by atoms with van der Waals surface area (Å²) in [7, 11) is 0. The Hall–Kier alpha value is 0.170.